The van der Waals surface area contributed by atoms with Gasteiger partial charge in [-0.05, 0) is 168 Å². The first-order chi connectivity index (χ1) is 62.3. The van der Waals surface area contributed by atoms with Crippen molar-refractivity contribution in [1.82, 2.24) is 39.0 Å². The van der Waals surface area contributed by atoms with E-state index in [1.54, 1.807) is 11.3 Å². The summed E-state index contributed by atoms with van der Waals surface area (Å²) < 4.78 is 21.7. The highest BCUT2D eigenvalue weighted by Gasteiger charge is 2.34. The van der Waals surface area contributed by atoms with Crippen LogP contribution in [0.1, 0.15) is 17.3 Å². The Balaban J connectivity index is 0.588. The topological polar surface area (TPSA) is 113 Å². The molecule has 0 N–H and O–H groups in total. The van der Waals surface area contributed by atoms with E-state index in [2.05, 4.69) is 361 Å². The zero-order chi connectivity index (χ0) is 82.1. The predicted octanol–water partition coefficient (Wildman–Crippen LogP) is 30.6. The van der Waals surface area contributed by atoms with Crippen molar-refractivity contribution in [3.63, 3.8) is 0 Å². The molecule has 1 aliphatic heterocycles. The molecule has 0 bridgehead atoms. The van der Waals surface area contributed by atoms with Gasteiger partial charge in [-0.2, -0.15) is 0 Å². The predicted molar refractivity (Wildman–Crippen MR) is 523 cm³/mol. The third-order valence-electron chi connectivity index (χ3n) is 26.4. The van der Waals surface area contributed by atoms with E-state index in [9.17, 15) is 0 Å². The fourth-order valence-electron chi connectivity index (χ4n) is 20.4. The molecule has 28 rings (SSSR count). The molecule has 1 aliphatic carbocycles. The van der Waals surface area contributed by atoms with Gasteiger partial charge in [-0.1, -0.05) is 279 Å². The number of thiophene rings is 1. The van der Waals surface area contributed by atoms with Crippen LogP contribution in [0.3, 0.4) is 0 Å². The Bertz CT molecular complexity index is 9390. The molecular weight excluding hydrogens is 1580 g/mol. The van der Waals surface area contributed by atoms with Crippen LogP contribution in [-0.4, -0.2) is 44.3 Å². The minimum Gasteiger partial charge on any atom is -0.454 e. The summed E-state index contributed by atoms with van der Waals surface area (Å²) in [7, 11) is 0. The zero-order valence-electron chi connectivity index (χ0n) is 67.2. The van der Waals surface area contributed by atoms with Crippen LogP contribution in [0.25, 0.3) is 257 Å². The number of aromatic nitrogens is 8. The number of benzene rings is 19. The number of rotatable bonds is 9. The monoisotopic (exact) mass is 1640 g/mol. The molecule has 0 spiro atoms. The van der Waals surface area contributed by atoms with Crippen LogP contribution in [0.4, 0.5) is 0 Å². The van der Waals surface area contributed by atoms with Crippen molar-refractivity contribution in [3.05, 3.63) is 388 Å². The van der Waals surface area contributed by atoms with Gasteiger partial charge in [0, 0.05) is 123 Å². The second-order valence-electron chi connectivity index (χ2n) is 33.5. The Morgan fingerprint density at radius 1 is 0.270 bits per heavy atom. The summed E-state index contributed by atoms with van der Waals surface area (Å²) >= 11 is 3.70. The Kier molecular flexibility index (Phi) is 14.8. The van der Waals surface area contributed by atoms with Crippen molar-refractivity contribution in [2.75, 3.05) is 0 Å². The lowest BCUT2D eigenvalue weighted by atomic mass is 9.90. The summed E-state index contributed by atoms with van der Waals surface area (Å²) in [4.78, 5) is 34.1. The normalized spacial score (nSPS) is 14.2. The Morgan fingerprint density at radius 3 is 1.50 bits per heavy atom. The number of allylic oxidation sites excluding steroid dienone is 3. The van der Waals surface area contributed by atoms with Crippen molar-refractivity contribution in [2.45, 2.75) is 16.1 Å². The van der Waals surface area contributed by atoms with E-state index in [0.717, 1.165) is 207 Å². The molecule has 26 aromatic rings. The minimum atomic E-state index is 0.214. The summed E-state index contributed by atoms with van der Waals surface area (Å²) in [5, 5.41) is 24.8. The smallest absolute Gasteiger partial charge is 0.164 e. The number of hydrogen-bond acceptors (Lipinski definition) is 10. The number of nitrogens with zero attached hydrogens (tertiary/aromatic N) is 8. The molecule has 0 amide bonds. The van der Waals surface area contributed by atoms with Gasteiger partial charge < -0.3 is 18.0 Å². The van der Waals surface area contributed by atoms with Gasteiger partial charge in [-0.25, -0.2) is 29.9 Å². The third kappa shape index (κ3) is 10.6. The van der Waals surface area contributed by atoms with E-state index in [0.29, 0.717) is 34.9 Å². The number of hydrogen-bond donors (Lipinski definition) is 0. The van der Waals surface area contributed by atoms with Gasteiger partial charge in [0.2, 0.25) is 0 Å². The van der Waals surface area contributed by atoms with Crippen LogP contribution < -0.4 is 0 Å². The van der Waals surface area contributed by atoms with Crippen molar-refractivity contribution in [1.29, 1.82) is 0 Å². The zero-order valence-corrected chi connectivity index (χ0v) is 68.8. The largest absolute Gasteiger partial charge is 0.454 e. The third-order valence-corrected chi connectivity index (χ3v) is 28.8. The lowest BCUT2D eigenvalue weighted by Crippen LogP contribution is -2.11. The lowest BCUT2D eigenvalue weighted by molar-refractivity contribution is 0.666. The average molecular weight is 1640 g/mol. The molecule has 2 atom stereocenters. The maximum atomic E-state index is 7.42. The SMILES string of the molecule is C1=CC2c3ccccc3SC2C=C1c1nc(-c2ccccc2)nc(-c2cc(-n3c4cc5ccccc5cc4c4c5ccc(-c6ccc7c(c6)sc6cc(-c8nc(-c9ccc%10ccccc%10c9)nc(-c9cc(-n%10c%11cc%12ccccc%12cc%11c%11ccc%12ccccc%12c%11%10)c%10oc%11ccccc%11c%10c9)n8)ccc67)cc5ccc43)c3oc4c5ccccc5ccc4c3c2)n1. The van der Waals surface area contributed by atoms with Crippen LogP contribution in [0.5, 0.6) is 0 Å². The van der Waals surface area contributed by atoms with Crippen LogP contribution in [0.15, 0.2) is 390 Å². The molecule has 2 unspecified atom stereocenters. The second-order valence-corrected chi connectivity index (χ2v) is 35.8. The van der Waals surface area contributed by atoms with Gasteiger partial charge in [0.15, 0.2) is 46.1 Å². The molecule has 0 saturated carbocycles. The van der Waals surface area contributed by atoms with E-state index in [1.807, 2.05) is 36.0 Å². The lowest BCUT2D eigenvalue weighted by Gasteiger charge is -2.19. The highest BCUT2D eigenvalue weighted by molar-refractivity contribution is 8.00. The van der Waals surface area contributed by atoms with Gasteiger partial charge in [0.05, 0.1) is 33.4 Å². The van der Waals surface area contributed by atoms with E-state index in [1.165, 1.54) is 31.3 Å². The summed E-state index contributed by atoms with van der Waals surface area (Å²) in [5.74, 6) is 3.79. The summed E-state index contributed by atoms with van der Waals surface area (Å²) in [6.07, 6.45) is 6.90. The van der Waals surface area contributed by atoms with E-state index < -0.39 is 0 Å². The molecule has 8 heterocycles. The quantitative estimate of drug-likeness (QED) is 0.139. The summed E-state index contributed by atoms with van der Waals surface area (Å²) in [6.45, 7) is 0. The maximum absolute atomic E-state index is 7.42. The molecule has 0 radical (unpaired) electrons. The van der Waals surface area contributed by atoms with Gasteiger partial charge in [0.1, 0.15) is 11.2 Å². The van der Waals surface area contributed by atoms with Gasteiger partial charge in [-0.15, -0.1) is 23.1 Å². The fraction of sp³-hybridized carbons (Fsp3) is 0.0175. The van der Waals surface area contributed by atoms with Crippen LogP contribution in [0, 0.1) is 0 Å². The molecular formula is C114H64N8O2S2. The highest BCUT2D eigenvalue weighted by Crippen LogP contribution is 2.52. The molecule has 0 saturated heterocycles. The highest BCUT2D eigenvalue weighted by atomic mass is 32.2. The molecule has 19 aromatic carbocycles. The van der Waals surface area contributed by atoms with E-state index in [-0.39, 0.29) is 11.2 Å². The molecule has 126 heavy (non-hydrogen) atoms. The molecule has 0 fully saturated rings. The maximum Gasteiger partial charge on any atom is 0.164 e. The van der Waals surface area contributed by atoms with Crippen LogP contribution in [0.2, 0.25) is 0 Å². The number of thioether (sulfide) groups is 1. The minimum absolute atomic E-state index is 0.214. The molecule has 584 valence electrons. The molecule has 7 aromatic heterocycles. The van der Waals surface area contributed by atoms with Gasteiger partial charge in [-0.3, -0.25) is 0 Å². The van der Waals surface area contributed by atoms with Crippen LogP contribution in [-0.2, 0) is 0 Å². The number of furan rings is 2. The van der Waals surface area contributed by atoms with Gasteiger partial charge in [0.25, 0.3) is 0 Å². The van der Waals surface area contributed by atoms with Crippen molar-refractivity contribution in [2.24, 2.45) is 0 Å². The first-order valence-electron chi connectivity index (χ1n) is 42.6. The fourth-order valence-corrected chi connectivity index (χ4v) is 23.0. The number of fused-ring (bicyclic) bond motifs is 27. The Hall–Kier alpha value is -16.0. The first-order valence-corrected chi connectivity index (χ1v) is 44.3. The summed E-state index contributed by atoms with van der Waals surface area (Å²) in [5.41, 5.74) is 18.2. The van der Waals surface area contributed by atoms with E-state index in [4.69, 9.17) is 38.7 Å². The molecule has 10 nitrogen and oxygen atoms in total. The molecule has 12 heteroatoms. The Labute approximate surface area is 726 Å². The van der Waals surface area contributed by atoms with Crippen molar-refractivity contribution in [3.8, 4) is 79.4 Å². The second kappa shape index (κ2) is 26.8. The van der Waals surface area contributed by atoms with Crippen molar-refractivity contribution < 1.29 is 8.83 Å². The summed E-state index contributed by atoms with van der Waals surface area (Å²) in [6, 6.07) is 129. The first kappa shape index (κ1) is 69.6. The van der Waals surface area contributed by atoms with Crippen LogP contribution >= 0.6 is 23.1 Å². The van der Waals surface area contributed by atoms with Crippen molar-refractivity contribution >= 4 is 201 Å². The van der Waals surface area contributed by atoms with E-state index >= 15 is 0 Å². The molecule has 2 aliphatic rings. The standard InChI is InChI=1S/C114H64N8O2S2/c1-2-21-66(22-3-1)109-115-111(76-40-45-85-84-31-15-17-33-100(84)125-102(85)61-76)119-113(116-109)79-55-92-89-48-37-65-20-11-13-29-82(65)106(89)124-108(92)97(58-79)121-94-49-42-74-50-72(38-43-80(74)104(94)93-53-69-25-7-9-27-71(69)57-96(93)121)73-39-44-86-87-46-41-77(62-103(87)126-101(86)60-73)112-117-110(75-35-34-63-18-4-5-23-67(63)51-75)118-114(120-112)78-54-91-83-30-14-16-32-99(83)123-107(91)98(59-78)122-95-56-70-26-8-6-24-68(70)52-90(95)88-47-36-64-19-10-12-28-81(64)105(88)122/h1-62,85,102H. The van der Waals surface area contributed by atoms with Gasteiger partial charge >= 0.3 is 0 Å². The average Bonchev–Trinajstić information content (AvgIpc) is 1.55. The number of para-hydroxylation sites is 1. The Morgan fingerprint density at radius 2 is 0.762 bits per heavy atom.